The van der Waals surface area contributed by atoms with Gasteiger partial charge in [-0.3, -0.25) is 0 Å². The van der Waals surface area contributed by atoms with Crippen LogP contribution in [-0.2, 0) is 0 Å². The molecule has 0 spiro atoms. The predicted molar refractivity (Wildman–Crippen MR) is 90.6 cm³/mol. The van der Waals surface area contributed by atoms with E-state index >= 15 is 0 Å². The Morgan fingerprint density at radius 2 is 2.14 bits per heavy atom. The maximum atomic E-state index is 4.62. The molecule has 1 heterocycles. The first-order valence-electron chi connectivity index (χ1n) is 7.47. The number of rotatable bonds is 3. The second-order valence-electron chi connectivity index (χ2n) is 6.02. The fourth-order valence-corrected chi connectivity index (χ4v) is 3.40. The lowest BCUT2D eigenvalue weighted by Gasteiger charge is -2.33. The summed E-state index contributed by atoms with van der Waals surface area (Å²) in [5, 5.41) is 4.57. The van der Waals surface area contributed by atoms with Crippen LogP contribution in [0, 0.1) is 0 Å². The number of halogens is 1. The molecule has 5 heteroatoms. The van der Waals surface area contributed by atoms with E-state index in [1.807, 2.05) is 24.4 Å². The zero-order valence-corrected chi connectivity index (χ0v) is 14.1. The van der Waals surface area contributed by atoms with Crippen molar-refractivity contribution in [3.05, 3.63) is 28.9 Å². The number of anilines is 1. The molecule has 1 aliphatic carbocycles. The summed E-state index contributed by atoms with van der Waals surface area (Å²) < 4.78 is 1.06. The number of nitrogens with one attached hydrogen (secondary N) is 1. The number of fused-ring (bicyclic) bond motifs is 1. The zero-order valence-electron chi connectivity index (χ0n) is 12.5. The monoisotopic (exact) mass is 348 g/mol. The Kier molecular flexibility index (Phi) is 4.40. The third-order valence-electron chi connectivity index (χ3n) is 4.25. The van der Waals surface area contributed by atoms with Crippen molar-refractivity contribution in [3.8, 4) is 0 Å². The molecule has 1 aliphatic rings. The first kappa shape index (κ1) is 14.7. The SMILES string of the molecule is CN(C)[C@@H]1CCC[C@@H](Nc2ncc3cc(Br)ccc3n2)C1. The van der Waals surface area contributed by atoms with E-state index in [1.54, 1.807) is 0 Å². The Hall–Kier alpha value is -1.20. The molecule has 3 rings (SSSR count). The quantitative estimate of drug-likeness (QED) is 0.918. The summed E-state index contributed by atoms with van der Waals surface area (Å²) >= 11 is 3.47. The summed E-state index contributed by atoms with van der Waals surface area (Å²) in [6.07, 6.45) is 6.81. The van der Waals surface area contributed by atoms with Crippen molar-refractivity contribution in [2.24, 2.45) is 0 Å². The molecule has 4 nitrogen and oxygen atoms in total. The highest BCUT2D eigenvalue weighted by molar-refractivity contribution is 9.10. The van der Waals surface area contributed by atoms with Gasteiger partial charge in [0, 0.05) is 28.1 Å². The van der Waals surface area contributed by atoms with Crippen molar-refractivity contribution in [1.82, 2.24) is 14.9 Å². The van der Waals surface area contributed by atoms with Gasteiger partial charge in [-0.25, -0.2) is 9.97 Å². The number of hydrogen-bond acceptors (Lipinski definition) is 4. The van der Waals surface area contributed by atoms with Crippen LogP contribution in [0.1, 0.15) is 25.7 Å². The van der Waals surface area contributed by atoms with Gasteiger partial charge in [0.25, 0.3) is 0 Å². The normalized spacial score (nSPS) is 22.7. The minimum absolute atomic E-state index is 0.471. The average Bonchev–Trinajstić information content (AvgIpc) is 2.48. The topological polar surface area (TPSA) is 41.0 Å². The van der Waals surface area contributed by atoms with Crippen molar-refractivity contribution < 1.29 is 0 Å². The van der Waals surface area contributed by atoms with Crippen LogP contribution in [0.3, 0.4) is 0 Å². The molecular weight excluding hydrogens is 328 g/mol. The molecule has 0 radical (unpaired) electrons. The van der Waals surface area contributed by atoms with E-state index in [2.05, 4.69) is 50.2 Å². The highest BCUT2D eigenvalue weighted by Gasteiger charge is 2.23. The fourth-order valence-electron chi connectivity index (χ4n) is 3.02. The Morgan fingerprint density at radius 1 is 1.29 bits per heavy atom. The van der Waals surface area contributed by atoms with Crippen molar-refractivity contribution in [2.75, 3.05) is 19.4 Å². The van der Waals surface area contributed by atoms with E-state index in [0.29, 0.717) is 12.1 Å². The molecule has 1 fully saturated rings. The van der Waals surface area contributed by atoms with Crippen LogP contribution < -0.4 is 5.32 Å². The third kappa shape index (κ3) is 3.52. The maximum absolute atomic E-state index is 4.62. The summed E-state index contributed by atoms with van der Waals surface area (Å²) in [6.45, 7) is 0. The summed E-state index contributed by atoms with van der Waals surface area (Å²) in [7, 11) is 4.33. The molecule has 1 aromatic carbocycles. The Balaban J connectivity index is 1.74. The van der Waals surface area contributed by atoms with Crippen molar-refractivity contribution in [1.29, 1.82) is 0 Å². The molecule has 0 aliphatic heterocycles. The summed E-state index contributed by atoms with van der Waals surface area (Å²) in [4.78, 5) is 11.4. The van der Waals surface area contributed by atoms with Crippen LogP contribution in [0.2, 0.25) is 0 Å². The largest absolute Gasteiger partial charge is 0.351 e. The molecule has 0 bridgehead atoms. The zero-order chi connectivity index (χ0) is 14.8. The van der Waals surface area contributed by atoms with Gasteiger partial charge >= 0.3 is 0 Å². The lowest BCUT2D eigenvalue weighted by molar-refractivity contribution is 0.219. The number of benzene rings is 1. The van der Waals surface area contributed by atoms with Crippen LogP contribution in [0.25, 0.3) is 10.9 Å². The fraction of sp³-hybridized carbons (Fsp3) is 0.500. The Morgan fingerprint density at radius 3 is 2.95 bits per heavy atom. The maximum Gasteiger partial charge on any atom is 0.223 e. The van der Waals surface area contributed by atoms with E-state index < -0.39 is 0 Å². The smallest absolute Gasteiger partial charge is 0.223 e. The van der Waals surface area contributed by atoms with Gasteiger partial charge < -0.3 is 10.2 Å². The molecule has 0 unspecified atom stereocenters. The Labute approximate surface area is 134 Å². The summed E-state index contributed by atoms with van der Waals surface area (Å²) in [5.41, 5.74) is 0.982. The second kappa shape index (κ2) is 6.28. The molecule has 1 saturated carbocycles. The van der Waals surface area contributed by atoms with Gasteiger partial charge in [-0.1, -0.05) is 15.9 Å². The van der Waals surface area contributed by atoms with E-state index in [9.17, 15) is 0 Å². The van der Waals surface area contributed by atoms with E-state index in [4.69, 9.17) is 0 Å². The number of hydrogen-bond donors (Lipinski definition) is 1. The van der Waals surface area contributed by atoms with Gasteiger partial charge in [0.05, 0.1) is 5.52 Å². The van der Waals surface area contributed by atoms with Gasteiger partial charge in [0.2, 0.25) is 5.95 Å². The van der Waals surface area contributed by atoms with Crippen LogP contribution in [-0.4, -0.2) is 41.0 Å². The standard InChI is InChI=1S/C16H21BrN4/c1-21(2)14-5-3-4-13(9-14)19-16-18-10-11-8-12(17)6-7-15(11)20-16/h6-8,10,13-14H,3-5,9H2,1-2H3,(H,18,19,20)/t13-,14-/m1/s1. The van der Waals surface area contributed by atoms with Crippen LogP contribution in [0.15, 0.2) is 28.9 Å². The molecule has 112 valence electrons. The number of aromatic nitrogens is 2. The molecule has 1 aromatic heterocycles. The molecule has 0 amide bonds. The van der Waals surface area contributed by atoms with Gasteiger partial charge in [-0.2, -0.15) is 0 Å². The van der Waals surface area contributed by atoms with Gasteiger partial charge in [-0.15, -0.1) is 0 Å². The number of nitrogens with zero attached hydrogens (tertiary/aromatic N) is 3. The molecule has 21 heavy (non-hydrogen) atoms. The van der Waals surface area contributed by atoms with Crippen molar-refractivity contribution in [2.45, 2.75) is 37.8 Å². The van der Waals surface area contributed by atoms with E-state index in [-0.39, 0.29) is 0 Å². The molecule has 2 atom stereocenters. The third-order valence-corrected chi connectivity index (χ3v) is 4.75. The molecule has 0 saturated heterocycles. The first-order chi connectivity index (χ1) is 10.1. The summed E-state index contributed by atoms with van der Waals surface area (Å²) in [5.74, 6) is 0.745. The lowest BCUT2D eigenvalue weighted by atomic mass is 9.90. The molecule has 2 aromatic rings. The minimum Gasteiger partial charge on any atom is -0.351 e. The lowest BCUT2D eigenvalue weighted by Crippen LogP contribution is -2.38. The van der Waals surface area contributed by atoms with Gasteiger partial charge in [-0.05, 0) is 58.0 Å². The van der Waals surface area contributed by atoms with Crippen LogP contribution in [0.4, 0.5) is 5.95 Å². The van der Waals surface area contributed by atoms with E-state index in [0.717, 1.165) is 27.7 Å². The average molecular weight is 349 g/mol. The summed E-state index contributed by atoms with van der Waals surface area (Å²) in [6, 6.07) is 7.21. The van der Waals surface area contributed by atoms with Crippen molar-refractivity contribution >= 4 is 32.8 Å². The van der Waals surface area contributed by atoms with E-state index in [1.165, 1.54) is 19.3 Å². The van der Waals surface area contributed by atoms with Gasteiger partial charge in [0.15, 0.2) is 0 Å². The molecular formula is C16H21BrN4. The van der Waals surface area contributed by atoms with Crippen LogP contribution in [0.5, 0.6) is 0 Å². The highest BCUT2D eigenvalue weighted by atomic mass is 79.9. The van der Waals surface area contributed by atoms with Gasteiger partial charge in [0.1, 0.15) is 0 Å². The Bertz CT molecular complexity index is 629. The first-order valence-corrected chi connectivity index (χ1v) is 8.26. The van der Waals surface area contributed by atoms with Crippen molar-refractivity contribution in [3.63, 3.8) is 0 Å². The highest BCUT2D eigenvalue weighted by Crippen LogP contribution is 2.24. The second-order valence-corrected chi connectivity index (χ2v) is 6.94. The van der Waals surface area contributed by atoms with Crippen LogP contribution >= 0.6 is 15.9 Å². The minimum atomic E-state index is 0.471. The molecule has 1 N–H and O–H groups in total. The predicted octanol–water partition coefficient (Wildman–Crippen LogP) is 3.68.